The fourth-order valence-corrected chi connectivity index (χ4v) is 4.51. The van der Waals surface area contributed by atoms with Crippen LogP contribution in [0.25, 0.3) is 0 Å². The lowest BCUT2D eigenvalue weighted by molar-refractivity contribution is -0.0191. The third-order valence-electron chi connectivity index (χ3n) is 5.77. The van der Waals surface area contributed by atoms with Crippen LogP contribution in [0.15, 0.2) is 12.1 Å². The predicted molar refractivity (Wildman–Crippen MR) is 101 cm³/mol. The van der Waals surface area contributed by atoms with E-state index >= 15 is 0 Å². The maximum Gasteiger partial charge on any atom is 0.125 e. The maximum absolute atomic E-state index is 10.7. The molecule has 5 nitrogen and oxygen atoms in total. The molecule has 3 N–H and O–H groups in total. The van der Waals surface area contributed by atoms with E-state index < -0.39 is 0 Å². The molecule has 26 heavy (non-hydrogen) atoms. The van der Waals surface area contributed by atoms with Crippen LogP contribution in [0.1, 0.15) is 55.8 Å². The molecule has 0 bridgehead atoms. The molecule has 0 aromatic heterocycles. The quantitative estimate of drug-likeness (QED) is 0.648. The first-order chi connectivity index (χ1) is 12.5. The zero-order valence-electron chi connectivity index (χ0n) is 16.0. The normalized spacial score (nSPS) is 25.8. The smallest absolute Gasteiger partial charge is 0.125 e. The van der Waals surface area contributed by atoms with Gasteiger partial charge in [-0.1, -0.05) is 13.8 Å². The molecule has 3 rings (SSSR count). The van der Waals surface area contributed by atoms with Crippen molar-refractivity contribution in [1.82, 2.24) is 4.90 Å². The number of aliphatic hydroxyl groups excluding tert-OH is 3. The first kappa shape index (κ1) is 19.6. The van der Waals surface area contributed by atoms with Crippen LogP contribution < -0.4 is 4.74 Å². The molecular weight excluding hydrogens is 330 g/mol. The molecule has 5 heteroatoms. The van der Waals surface area contributed by atoms with E-state index in [4.69, 9.17) is 9.84 Å². The minimum atomic E-state index is -0.261. The molecule has 1 aromatic rings. The van der Waals surface area contributed by atoms with Crippen LogP contribution in [0, 0.1) is 11.8 Å². The highest BCUT2D eigenvalue weighted by molar-refractivity contribution is 5.45. The highest BCUT2D eigenvalue weighted by Crippen LogP contribution is 2.42. The highest BCUT2D eigenvalue weighted by atomic mass is 16.5. The Balaban J connectivity index is 1.80. The van der Waals surface area contributed by atoms with Gasteiger partial charge in [-0.15, -0.1) is 0 Å². The van der Waals surface area contributed by atoms with Crippen molar-refractivity contribution in [1.29, 1.82) is 0 Å². The standard InChI is InChI=1S/C21H33NO4/c1-14(2)8-16-12-22-5-4-15-10-21(26-7-3-6-23)17(13-24)9-18(15)19(22)11-20(16)25/h9-10,14,16,19-20,23-25H,3-8,11-13H2,1-2H3/t16-,19-,20?/m1/s1. The number of hydrogen-bond acceptors (Lipinski definition) is 5. The maximum atomic E-state index is 10.7. The first-order valence-corrected chi connectivity index (χ1v) is 9.95. The van der Waals surface area contributed by atoms with Gasteiger partial charge in [-0.25, -0.2) is 0 Å². The molecule has 146 valence electrons. The van der Waals surface area contributed by atoms with Crippen LogP contribution in [0.3, 0.4) is 0 Å². The van der Waals surface area contributed by atoms with Crippen LogP contribution in [0.4, 0.5) is 0 Å². The van der Waals surface area contributed by atoms with E-state index in [2.05, 4.69) is 30.9 Å². The number of fused-ring (bicyclic) bond motifs is 3. The van der Waals surface area contributed by atoms with Crippen LogP contribution in [0.2, 0.25) is 0 Å². The third kappa shape index (κ3) is 4.22. The van der Waals surface area contributed by atoms with E-state index in [1.54, 1.807) is 0 Å². The molecular formula is C21H33NO4. The van der Waals surface area contributed by atoms with E-state index in [1.807, 2.05) is 0 Å². The largest absolute Gasteiger partial charge is 0.493 e. The summed E-state index contributed by atoms with van der Waals surface area (Å²) in [6, 6.07) is 4.35. The molecule has 1 unspecified atom stereocenters. The number of hydrogen-bond donors (Lipinski definition) is 3. The minimum absolute atomic E-state index is 0.0625. The molecule has 0 aliphatic carbocycles. The average molecular weight is 363 g/mol. The molecule has 0 spiro atoms. The van der Waals surface area contributed by atoms with Crippen LogP contribution in [0.5, 0.6) is 5.75 Å². The van der Waals surface area contributed by atoms with E-state index in [-0.39, 0.29) is 25.4 Å². The topological polar surface area (TPSA) is 73.2 Å². The van der Waals surface area contributed by atoms with Crippen molar-refractivity contribution in [2.75, 3.05) is 26.3 Å². The zero-order valence-corrected chi connectivity index (χ0v) is 16.0. The molecule has 2 aliphatic rings. The van der Waals surface area contributed by atoms with Gasteiger partial charge in [0, 0.05) is 37.7 Å². The molecule has 0 saturated carbocycles. The molecule has 1 aromatic carbocycles. The monoisotopic (exact) mass is 363 g/mol. The predicted octanol–water partition coefficient (Wildman–Crippen LogP) is 2.27. The van der Waals surface area contributed by atoms with Gasteiger partial charge in [-0.2, -0.15) is 0 Å². The second-order valence-corrected chi connectivity index (χ2v) is 8.20. The number of ether oxygens (including phenoxy) is 1. The summed E-state index contributed by atoms with van der Waals surface area (Å²) in [5.74, 6) is 1.68. The lowest BCUT2D eigenvalue weighted by atomic mass is 9.79. The van der Waals surface area contributed by atoms with Crippen molar-refractivity contribution in [2.45, 2.75) is 58.3 Å². The van der Waals surface area contributed by atoms with E-state index in [9.17, 15) is 10.2 Å². The fourth-order valence-electron chi connectivity index (χ4n) is 4.51. The number of nitrogens with zero attached hydrogens (tertiary/aromatic N) is 1. The third-order valence-corrected chi connectivity index (χ3v) is 5.77. The number of piperidine rings is 1. The van der Waals surface area contributed by atoms with Crippen molar-refractivity contribution >= 4 is 0 Å². The number of rotatable bonds is 7. The molecule has 3 atom stereocenters. The minimum Gasteiger partial charge on any atom is -0.493 e. The summed E-state index contributed by atoms with van der Waals surface area (Å²) in [4.78, 5) is 2.51. The Morgan fingerprint density at radius 2 is 2.08 bits per heavy atom. The molecule has 1 saturated heterocycles. The lowest BCUT2D eigenvalue weighted by Crippen LogP contribution is -2.48. The van der Waals surface area contributed by atoms with Gasteiger partial charge in [0.05, 0.1) is 19.3 Å². The summed E-state index contributed by atoms with van der Waals surface area (Å²) in [6.07, 6.45) is 3.12. The zero-order chi connectivity index (χ0) is 18.7. The Bertz CT molecular complexity index is 604. The number of benzene rings is 1. The van der Waals surface area contributed by atoms with Gasteiger partial charge in [0.25, 0.3) is 0 Å². The molecule has 2 heterocycles. The van der Waals surface area contributed by atoms with Crippen LogP contribution in [-0.4, -0.2) is 52.6 Å². The van der Waals surface area contributed by atoms with Crippen molar-refractivity contribution < 1.29 is 20.1 Å². The Kier molecular flexibility index (Phi) is 6.56. The van der Waals surface area contributed by atoms with Gasteiger partial charge in [-0.05, 0) is 54.4 Å². The van der Waals surface area contributed by atoms with E-state index in [1.165, 1.54) is 11.1 Å². The lowest BCUT2D eigenvalue weighted by Gasteiger charge is -2.46. The van der Waals surface area contributed by atoms with E-state index in [0.717, 1.165) is 43.7 Å². The van der Waals surface area contributed by atoms with Gasteiger partial charge in [0.2, 0.25) is 0 Å². The van der Waals surface area contributed by atoms with Crippen LogP contribution in [-0.2, 0) is 13.0 Å². The summed E-state index contributed by atoms with van der Waals surface area (Å²) in [5, 5.41) is 29.4. The average Bonchev–Trinajstić information content (AvgIpc) is 2.61. The summed E-state index contributed by atoms with van der Waals surface area (Å²) in [7, 11) is 0. The van der Waals surface area contributed by atoms with Crippen LogP contribution >= 0.6 is 0 Å². The highest BCUT2D eigenvalue weighted by Gasteiger charge is 2.38. The second kappa shape index (κ2) is 8.70. The Hall–Kier alpha value is -1.14. The van der Waals surface area contributed by atoms with Crippen molar-refractivity contribution in [3.8, 4) is 5.75 Å². The number of aliphatic hydroxyl groups is 3. The van der Waals surface area contributed by atoms with Crippen molar-refractivity contribution in [3.63, 3.8) is 0 Å². The molecule has 0 radical (unpaired) electrons. The first-order valence-electron chi connectivity index (χ1n) is 9.95. The molecule has 2 aliphatic heterocycles. The fraction of sp³-hybridized carbons (Fsp3) is 0.714. The Morgan fingerprint density at radius 3 is 2.77 bits per heavy atom. The van der Waals surface area contributed by atoms with Gasteiger partial charge in [0.1, 0.15) is 5.75 Å². The molecule has 1 fully saturated rings. The summed E-state index contributed by atoms with van der Waals surface area (Å²) < 4.78 is 5.77. The molecule has 0 amide bonds. The van der Waals surface area contributed by atoms with Gasteiger partial charge < -0.3 is 20.1 Å². The SMILES string of the molecule is CC(C)C[C@@H]1CN2CCc3cc(OCCCO)c(CO)cc3[C@H]2CC1O. The summed E-state index contributed by atoms with van der Waals surface area (Å²) in [5.41, 5.74) is 3.29. The van der Waals surface area contributed by atoms with Crippen molar-refractivity contribution in [2.24, 2.45) is 11.8 Å². The van der Waals surface area contributed by atoms with Gasteiger partial charge >= 0.3 is 0 Å². The summed E-state index contributed by atoms with van der Waals surface area (Å²) in [6.45, 7) is 6.89. The van der Waals surface area contributed by atoms with Crippen molar-refractivity contribution in [3.05, 3.63) is 28.8 Å². The Morgan fingerprint density at radius 1 is 1.27 bits per heavy atom. The summed E-state index contributed by atoms with van der Waals surface area (Å²) >= 11 is 0. The van der Waals surface area contributed by atoms with Gasteiger partial charge in [0.15, 0.2) is 0 Å². The van der Waals surface area contributed by atoms with Gasteiger partial charge in [-0.3, -0.25) is 4.90 Å². The Labute approximate surface area is 156 Å². The second-order valence-electron chi connectivity index (χ2n) is 8.20. The van der Waals surface area contributed by atoms with E-state index in [0.29, 0.717) is 24.9 Å².